The van der Waals surface area contributed by atoms with Crippen molar-refractivity contribution < 1.29 is 18.7 Å². The van der Waals surface area contributed by atoms with Gasteiger partial charge in [-0.1, -0.05) is 18.2 Å². The molecule has 162 valence electrons. The van der Waals surface area contributed by atoms with E-state index in [0.29, 0.717) is 29.2 Å². The van der Waals surface area contributed by atoms with Crippen LogP contribution in [-0.2, 0) is 9.59 Å². The number of hydrogen-bond acceptors (Lipinski definition) is 6. The van der Waals surface area contributed by atoms with Gasteiger partial charge in [-0.25, -0.2) is 4.98 Å². The average molecular weight is 440 g/mol. The maximum Gasteiger partial charge on any atom is 0.313 e. The summed E-state index contributed by atoms with van der Waals surface area (Å²) in [5, 5.41) is 5.42. The predicted molar refractivity (Wildman–Crippen MR) is 121 cm³/mol. The van der Waals surface area contributed by atoms with Crippen LogP contribution in [0.2, 0.25) is 0 Å². The highest BCUT2D eigenvalue weighted by Gasteiger charge is 2.24. The van der Waals surface area contributed by atoms with Crippen LogP contribution < -0.4 is 15.4 Å². The van der Waals surface area contributed by atoms with Gasteiger partial charge in [0.25, 0.3) is 0 Å². The molecule has 0 radical (unpaired) electrons. The topological polar surface area (TPSA) is 93.5 Å². The molecule has 0 spiro atoms. The Balaban J connectivity index is 1.55. The zero-order valence-corrected chi connectivity index (χ0v) is 18.5. The van der Waals surface area contributed by atoms with Gasteiger partial charge in [0, 0.05) is 27.9 Å². The quantitative estimate of drug-likeness (QED) is 0.400. The summed E-state index contributed by atoms with van der Waals surface area (Å²) >= 11 is 1.71. The summed E-state index contributed by atoms with van der Waals surface area (Å²) in [4.78, 5) is 29.9. The van der Waals surface area contributed by atoms with Crippen molar-refractivity contribution >= 4 is 29.3 Å². The Labute approximate surface area is 185 Å². The number of amides is 2. The minimum Gasteiger partial charge on any atom is -0.496 e. The van der Waals surface area contributed by atoms with Crippen molar-refractivity contribution in [1.29, 1.82) is 0 Å². The number of ether oxygens (including phenoxy) is 1. The van der Waals surface area contributed by atoms with Gasteiger partial charge < -0.3 is 19.8 Å². The lowest BCUT2D eigenvalue weighted by molar-refractivity contribution is -0.137. The number of carbonyl (C=O) groups excluding carboxylic acids is 2. The van der Waals surface area contributed by atoms with Gasteiger partial charge in [0.05, 0.1) is 18.9 Å². The highest BCUT2D eigenvalue weighted by atomic mass is 32.2. The smallest absolute Gasteiger partial charge is 0.313 e. The van der Waals surface area contributed by atoms with Gasteiger partial charge in [-0.15, -0.1) is 11.8 Å². The molecule has 1 aromatic heterocycles. The first-order valence-electron chi connectivity index (χ1n) is 9.76. The number of nitrogens with one attached hydrogen (secondary N) is 2. The van der Waals surface area contributed by atoms with Gasteiger partial charge in [0.15, 0.2) is 12.2 Å². The average Bonchev–Trinajstić information content (AvgIpc) is 3.28. The lowest BCUT2D eigenvalue weighted by atomic mass is 10.0. The van der Waals surface area contributed by atoms with Crippen LogP contribution in [0, 0.1) is 0 Å². The number of rotatable bonds is 8. The number of benzene rings is 2. The third-order valence-electron chi connectivity index (χ3n) is 4.55. The van der Waals surface area contributed by atoms with Crippen molar-refractivity contribution in [3.63, 3.8) is 0 Å². The third-order valence-corrected chi connectivity index (χ3v) is 5.57. The summed E-state index contributed by atoms with van der Waals surface area (Å²) in [6.45, 7) is 3.80. The standard InChI is InChI=1S/C23H25N3O4S/c1-23(2,11-12-31-17-7-5-4-6-8-17)26-22(28)21(27)25-16-9-10-18(19(13-16)29-3)20-14-24-15-30-20/h4-10,13-15H,11-12H2,1-3H3,(H,25,27)(H,26,28). The fraction of sp³-hybridized carbons (Fsp3) is 0.261. The van der Waals surface area contributed by atoms with E-state index in [9.17, 15) is 9.59 Å². The van der Waals surface area contributed by atoms with Gasteiger partial charge in [-0.2, -0.15) is 0 Å². The first-order chi connectivity index (χ1) is 14.9. The highest BCUT2D eigenvalue weighted by molar-refractivity contribution is 7.99. The van der Waals surface area contributed by atoms with Gasteiger partial charge in [-0.3, -0.25) is 9.59 Å². The van der Waals surface area contributed by atoms with E-state index in [0.717, 1.165) is 5.75 Å². The van der Waals surface area contributed by atoms with E-state index in [1.165, 1.54) is 18.4 Å². The first-order valence-corrected chi connectivity index (χ1v) is 10.7. The van der Waals surface area contributed by atoms with Crippen molar-refractivity contribution in [1.82, 2.24) is 10.3 Å². The molecule has 3 rings (SSSR count). The number of aromatic nitrogens is 1. The molecule has 0 saturated heterocycles. The molecule has 0 aliphatic rings. The van der Waals surface area contributed by atoms with Gasteiger partial charge >= 0.3 is 11.8 Å². The lowest BCUT2D eigenvalue weighted by Crippen LogP contribution is -2.48. The molecule has 0 aliphatic heterocycles. The van der Waals surface area contributed by atoms with Crippen molar-refractivity contribution in [2.45, 2.75) is 30.7 Å². The Morgan fingerprint density at radius 1 is 1.13 bits per heavy atom. The number of hydrogen-bond donors (Lipinski definition) is 2. The highest BCUT2D eigenvalue weighted by Crippen LogP contribution is 2.32. The van der Waals surface area contributed by atoms with Gasteiger partial charge in [-0.05, 0) is 44.5 Å². The number of nitrogens with zero attached hydrogens (tertiary/aromatic N) is 1. The summed E-state index contributed by atoms with van der Waals surface area (Å²) in [5.41, 5.74) is 0.613. The summed E-state index contributed by atoms with van der Waals surface area (Å²) in [5.74, 6) is 0.432. The molecule has 3 aromatic rings. The first kappa shape index (κ1) is 22.4. The number of carbonyl (C=O) groups is 2. The van der Waals surface area contributed by atoms with Crippen LogP contribution in [0.4, 0.5) is 5.69 Å². The van der Waals surface area contributed by atoms with E-state index in [-0.39, 0.29) is 0 Å². The van der Waals surface area contributed by atoms with Crippen LogP contribution in [0.3, 0.4) is 0 Å². The monoisotopic (exact) mass is 439 g/mol. The Morgan fingerprint density at radius 3 is 2.58 bits per heavy atom. The number of methoxy groups -OCH3 is 1. The molecule has 0 aliphatic carbocycles. The predicted octanol–water partition coefficient (Wildman–Crippen LogP) is 4.37. The molecule has 0 bridgehead atoms. The van der Waals surface area contributed by atoms with E-state index < -0.39 is 17.4 Å². The normalized spacial score (nSPS) is 11.1. The molecule has 7 nitrogen and oxygen atoms in total. The summed E-state index contributed by atoms with van der Waals surface area (Å²) in [6.07, 6.45) is 3.61. The van der Waals surface area contributed by atoms with E-state index in [1.54, 1.807) is 36.2 Å². The van der Waals surface area contributed by atoms with Gasteiger partial charge in [0.1, 0.15) is 5.75 Å². The Kier molecular flexibility index (Phi) is 7.36. The summed E-state index contributed by atoms with van der Waals surface area (Å²) < 4.78 is 10.7. The molecule has 0 atom stereocenters. The van der Waals surface area contributed by atoms with Gasteiger partial charge in [0.2, 0.25) is 0 Å². The minimum atomic E-state index is -0.738. The molecular weight excluding hydrogens is 414 g/mol. The van der Waals surface area contributed by atoms with Crippen molar-refractivity contribution in [3.05, 3.63) is 61.1 Å². The van der Waals surface area contributed by atoms with Crippen LogP contribution in [0.15, 0.2) is 70.4 Å². The van der Waals surface area contributed by atoms with E-state index in [1.807, 2.05) is 44.2 Å². The molecule has 2 N–H and O–H groups in total. The van der Waals surface area contributed by atoms with Crippen molar-refractivity contribution in [2.24, 2.45) is 0 Å². The molecule has 1 heterocycles. The molecule has 2 aromatic carbocycles. The number of anilines is 1. The largest absolute Gasteiger partial charge is 0.496 e. The maximum absolute atomic E-state index is 12.4. The second-order valence-corrected chi connectivity index (χ2v) is 8.65. The number of oxazole rings is 1. The van der Waals surface area contributed by atoms with E-state index in [2.05, 4.69) is 15.6 Å². The molecular formula is C23H25N3O4S. The van der Waals surface area contributed by atoms with E-state index in [4.69, 9.17) is 9.15 Å². The van der Waals surface area contributed by atoms with Crippen molar-refractivity contribution in [3.8, 4) is 17.1 Å². The van der Waals surface area contributed by atoms with Crippen molar-refractivity contribution in [2.75, 3.05) is 18.2 Å². The van der Waals surface area contributed by atoms with Crippen LogP contribution in [0.1, 0.15) is 20.3 Å². The van der Waals surface area contributed by atoms with Crippen LogP contribution in [-0.4, -0.2) is 35.2 Å². The Bertz CT molecular complexity index is 1020. The van der Waals surface area contributed by atoms with E-state index >= 15 is 0 Å². The fourth-order valence-electron chi connectivity index (χ4n) is 2.88. The Hall–Kier alpha value is -3.26. The summed E-state index contributed by atoms with van der Waals surface area (Å²) in [7, 11) is 1.52. The fourth-order valence-corrected chi connectivity index (χ4v) is 4.07. The zero-order valence-electron chi connectivity index (χ0n) is 17.7. The maximum atomic E-state index is 12.4. The molecule has 0 fully saturated rings. The Morgan fingerprint density at radius 2 is 1.90 bits per heavy atom. The lowest BCUT2D eigenvalue weighted by Gasteiger charge is -2.25. The molecule has 0 saturated carbocycles. The molecule has 8 heteroatoms. The second-order valence-electron chi connectivity index (χ2n) is 7.48. The number of thioether (sulfide) groups is 1. The summed E-state index contributed by atoms with van der Waals surface area (Å²) in [6, 6.07) is 15.1. The molecule has 31 heavy (non-hydrogen) atoms. The second kappa shape index (κ2) is 10.2. The molecule has 2 amide bonds. The zero-order chi connectivity index (χ0) is 22.3. The third kappa shape index (κ3) is 6.36. The van der Waals surface area contributed by atoms with Crippen LogP contribution in [0.5, 0.6) is 5.75 Å². The van der Waals surface area contributed by atoms with Crippen LogP contribution >= 0.6 is 11.8 Å². The minimum absolute atomic E-state index is 0.442. The molecule has 0 unspecified atom stereocenters. The van der Waals surface area contributed by atoms with Crippen LogP contribution in [0.25, 0.3) is 11.3 Å². The SMILES string of the molecule is COc1cc(NC(=O)C(=O)NC(C)(C)CCSc2ccccc2)ccc1-c1cnco1.